The number of amides is 1. The van der Waals surface area contributed by atoms with Gasteiger partial charge in [0.1, 0.15) is 0 Å². The summed E-state index contributed by atoms with van der Waals surface area (Å²) in [5.74, 6) is -0.771. The molecule has 6 heteroatoms. The summed E-state index contributed by atoms with van der Waals surface area (Å²) in [5, 5.41) is 13.6. The van der Waals surface area contributed by atoms with Crippen LogP contribution in [0.4, 0.5) is 0 Å². The van der Waals surface area contributed by atoms with E-state index in [4.69, 9.17) is 4.74 Å². The van der Waals surface area contributed by atoms with Gasteiger partial charge in [-0.1, -0.05) is 0 Å². The van der Waals surface area contributed by atoms with Crippen molar-refractivity contribution < 1.29 is 19.4 Å². The number of methoxy groups -OCH3 is 1. The summed E-state index contributed by atoms with van der Waals surface area (Å²) >= 11 is 1.57. The highest BCUT2D eigenvalue weighted by molar-refractivity contribution is 7.07. The van der Waals surface area contributed by atoms with Crippen molar-refractivity contribution in [1.82, 2.24) is 4.90 Å². The van der Waals surface area contributed by atoms with Gasteiger partial charge >= 0.3 is 5.97 Å². The zero-order chi connectivity index (χ0) is 16.0. The van der Waals surface area contributed by atoms with Gasteiger partial charge in [0.15, 0.2) is 0 Å². The van der Waals surface area contributed by atoms with Crippen LogP contribution in [0, 0.1) is 5.41 Å². The molecule has 122 valence electrons. The Bertz CT molecular complexity index is 502. The van der Waals surface area contributed by atoms with Crippen molar-refractivity contribution >= 4 is 23.2 Å². The number of thiophene rings is 1. The van der Waals surface area contributed by atoms with Crippen LogP contribution in [0.15, 0.2) is 16.8 Å². The lowest BCUT2D eigenvalue weighted by molar-refractivity contribution is -0.155. The van der Waals surface area contributed by atoms with Crippen molar-refractivity contribution in [2.75, 3.05) is 26.8 Å². The number of hydrogen-bond donors (Lipinski definition) is 1. The molecule has 0 spiro atoms. The number of aliphatic carboxylic acids is 1. The maximum Gasteiger partial charge on any atom is 0.311 e. The molecule has 1 fully saturated rings. The number of carbonyl (C=O) groups is 2. The predicted molar refractivity (Wildman–Crippen MR) is 85.0 cm³/mol. The molecular formula is C16H23NO4S. The molecule has 2 heterocycles. The maximum atomic E-state index is 12.4. The molecule has 1 amide bonds. The van der Waals surface area contributed by atoms with E-state index in [1.807, 2.05) is 16.8 Å². The van der Waals surface area contributed by atoms with Gasteiger partial charge in [-0.15, -0.1) is 0 Å². The first-order valence-corrected chi connectivity index (χ1v) is 8.53. The Hall–Kier alpha value is -1.40. The van der Waals surface area contributed by atoms with Crippen LogP contribution in [0.25, 0.3) is 0 Å². The van der Waals surface area contributed by atoms with E-state index in [9.17, 15) is 14.7 Å². The lowest BCUT2D eigenvalue weighted by atomic mass is 9.76. The number of hydrogen-bond acceptors (Lipinski definition) is 4. The van der Waals surface area contributed by atoms with Crippen LogP contribution < -0.4 is 0 Å². The molecule has 1 N–H and O–H groups in total. The second-order valence-electron chi connectivity index (χ2n) is 5.91. The minimum absolute atomic E-state index is 0.0236. The van der Waals surface area contributed by atoms with E-state index in [-0.39, 0.29) is 5.91 Å². The van der Waals surface area contributed by atoms with Crippen molar-refractivity contribution in [2.24, 2.45) is 5.41 Å². The average molecular weight is 325 g/mol. The van der Waals surface area contributed by atoms with Crippen LogP contribution in [-0.4, -0.2) is 48.7 Å². The Morgan fingerprint density at radius 3 is 2.95 bits per heavy atom. The first kappa shape index (κ1) is 17.0. The number of rotatable bonds is 7. The van der Waals surface area contributed by atoms with E-state index in [1.165, 1.54) is 0 Å². The molecular weight excluding hydrogens is 302 g/mol. The van der Waals surface area contributed by atoms with Gasteiger partial charge in [0.25, 0.3) is 0 Å². The van der Waals surface area contributed by atoms with Gasteiger partial charge in [-0.3, -0.25) is 9.59 Å². The zero-order valence-electron chi connectivity index (χ0n) is 12.9. The smallest absolute Gasteiger partial charge is 0.311 e. The van der Waals surface area contributed by atoms with E-state index in [1.54, 1.807) is 23.3 Å². The molecule has 22 heavy (non-hydrogen) atoms. The lowest BCUT2D eigenvalue weighted by Gasteiger charge is -2.40. The molecule has 0 aliphatic carbocycles. The van der Waals surface area contributed by atoms with E-state index < -0.39 is 11.4 Å². The van der Waals surface area contributed by atoms with Gasteiger partial charge < -0.3 is 14.7 Å². The van der Waals surface area contributed by atoms with Crippen LogP contribution >= 0.6 is 11.3 Å². The van der Waals surface area contributed by atoms with Crippen molar-refractivity contribution in [3.05, 3.63) is 22.4 Å². The third-order valence-electron chi connectivity index (χ3n) is 4.32. The largest absolute Gasteiger partial charge is 0.481 e. The monoisotopic (exact) mass is 325 g/mol. The minimum Gasteiger partial charge on any atom is -0.481 e. The normalized spacial score (nSPS) is 21.8. The summed E-state index contributed by atoms with van der Waals surface area (Å²) in [4.78, 5) is 25.9. The number of piperidine rings is 1. The Morgan fingerprint density at radius 1 is 1.50 bits per heavy atom. The second kappa shape index (κ2) is 7.74. The van der Waals surface area contributed by atoms with Crippen LogP contribution in [0.5, 0.6) is 0 Å². The molecule has 0 radical (unpaired) electrons. The van der Waals surface area contributed by atoms with Gasteiger partial charge in [0.05, 0.1) is 11.8 Å². The summed E-state index contributed by atoms with van der Waals surface area (Å²) in [7, 11) is 1.62. The predicted octanol–water partition coefficient (Wildman–Crippen LogP) is 2.41. The third-order valence-corrected chi connectivity index (χ3v) is 5.05. The number of carboxylic acids is 1. The molecule has 0 unspecified atom stereocenters. The van der Waals surface area contributed by atoms with E-state index >= 15 is 0 Å². The molecule has 1 atom stereocenters. The number of likely N-dealkylation sites (tertiary alicyclic amines) is 1. The summed E-state index contributed by atoms with van der Waals surface area (Å²) < 4.78 is 5.03. The third kappa shape index (κ3) is 4.08. The second-order valence-corrected chi connectivity index (χ2v) is 6.69. The van der Waals surface area contributed by atoms with Gasteiger partial charge in [-0.2, -0.15) is 11.3 Å². The Kier molecular flexibility index (Phi) is 5.97. The Morgan fingerprint density at radius 2 is 2.32 bits per heavy atom. The number of nitrogens with zero attached hydrogens (tertiary/aromatic N) is 1. The molecule has 0 bridgehead atoms. The van der Waals surface area contributed by atoms with Gasteiger partial charge in [0.2, 0.25) is 5.91 Å². The number of ether oxygens (including phenoxy) is 1. The summed E-state index contributed by atoms with van der Waals surface area (Å²) in [5.41, 5.74) is 0.182. The quantitative estimate of drug-likeness (QED) is 0.782. The highest BCUT2D eigenvalue weighted by atomic mass is 32.1. The lowest BCUT2D eigenvalue weighted by Crippen LogP contribution is -2.50. The van der Waals surface area contributed by atoms with Crippen molar-refractivity contribution in [3.8, 4) is 0 Å². The maximum absolute atomic E-state index is 12.4. The average Bonchev–Trinajstić information content (AvgIpc) is 3.00. The van der Waals surface area contributed by atoms with E-state index in [0.717, 1.165) is 12.0 Å². The van der Waals surface area contributed by atoms with Crippen LogP contribution in [0.3, 0.4) is 0 Å². The summed E-state index contributed by atoms with van der Waals surface area (Å²) in [6.45, 7) is 1.52. The molecule has 0 saturated carbocycles. The Balaban J connectivity index is 2.01. The fourth-order valence-electron chi connectivity index (χ4n) is 3.06. The van der Waals surface area contributed by atoms with Crippen LogP contribution in [0.1, 0.15) is 31.2 Å². The topological polar surface area (TPSA) is 66.8 Å². The molecule has 1 aromatic heterocycles. The van der Waals surface area contributed by atoms with Crippen molar-refractivity contribution in [3.63, 3.8) is 0 Å². The number of carbonyl (C=O) groups excluding carboxylic acids is 1. The summed E-state index contributed by atoms with van der Waals surface area (Å²) in [6.07, 6.45) is 2.99. The van der Waals surface area contributed by atoms with Gasteiger partial charge in [-0.05, 0) is 48.1 Å². The molecule has 2 rings (SSSR count). The molecule has 1 aliphatic heterocycles. The fourth-order valence-corrected chi connectivity index (χ4v) is 3.73. The van der Waals surface area contributed by atoms with E-state index in [0.29, 0.717) is 45.4 Å². The van der Waals surface area contributed by atoms with Crippen molar-refractivity contribution in [2.45, 2.75) is 32.1 Å². The molecule has 5 nitrogen and oxygen atoms in total. The zero-order valence-corrected chi connectivity index (χ0v) is 13.7. The SMILES string of the molecule is COCCC[C@@]1(C(=O)O)CCCN(C(=O)Cc2ccsc2)C1. The standard InChI is InChI=1S/C16H23NO4S/c1-21-8-3-6-16(15(19)20)5-2-7-17(12-16)14(18)10-13-4-9-22-11-13/h4,9,11H,2-3,5-8,10,12H2,1H3,(H,19,20)/t16-/m0/s1. The summed E-state index contributed by atoms with van der Waals surface area (Å²) in [6, 6.07) is 1.94. The van der Waals surface area contributed by atoms with Gasteiger partial charge in [-0.25, -0.2) is 0 Å². The van der Waals surface area contributed by atoms with Crippen molar-refractivity contribution in [1.29, 1.82) is 0 Å². The molecule has 1 saturated heterocycles. The van der Waals surface area contributed by atoms with Crippen LogP contribution in [-0.2, 0) is 20.7 Å². The van der Waals surface area contributed by atoms with Gasteiger partial charge in [0, 0.05) is 26.8 Å². The first-order valence-electron chi connectivity index (χ1n) is 7.58. The van der Waals surface area contributed by atoms with Crippen LogP contribution in [0.2, 0.25) is 0 Å². The van der Waals surface area contributed by atoms with E-state index in [2.05, 4.69) is 0 Å². The minimum atomic E-state index is -0.818. The number of carboxylic acid groups (broad SMARTS) is 1. The molecule has 1 aromatic rings. The first-order chi connectivity index (χ1) is 10.6. The highest BCUT2D eigenvalue weighted by Crippen LogP contribution is 2.35. The fraction of sp³-hybridized carbons (Fsp3) is 0.625. The highest BCUT2D eigenvalue weighted by Gasteiger charge is 2.42. The molecule has 0 aromatic carbocycles. The molecule has 1 aliphatic rings. The Labute approximate surface area is 134 Å².